The Hall–Kier alpha value is -1.82. The summed E-state index contributed by atoms with van der Waals surface area (Å²) in [6.45, 7) is 0.391. The number of fused-ring (bicyclic) bond motifs is 1. The molecular weight excluding hydrogens is 248 g/mol. The van der Waals surface area contributed by atoms with Crippen LogP contribution in [0.4, 0.5) is 0 Å². The molecule has 0 aliphatic carbocycles. The number of thioether (sulfide) groups is 1. The van der Waals surface area contributed by atoms with Gasteiger partial charge < -0.3 is 5.32 Å². The highest BCUT2D eigenvalue weighted by molar-refractivity contribution is 7.99. The second kappa shape index (κ2) is 4.81. The maximum absolute atomic E-state index is 12.1. The monoisotopic (exact) mass is 260 g/mol. The largest absolute Gasteiger partial charge is 0.348 e. The molecule has 0 spiro atoms. The van der Waals surface area contributed by atoms with E-state index in [4.69, 9.17) is 0 Å². The van der Waals surface area contributed by atoms with Gasteiger partial charge >= 0.3 is 0 Å². The van der Waals surface area contributed by atoms with E-state index in [1.54, 1.807) is 11.8 Å². The van der Waals surface area contributed by atoms with Gasteiger partial charge in [-0.15, -0.1) is 11.8 Å². The summed E-state index contributed by atoms with van der Waals surface area (Å²) in [6, 6.07) is 8.06. The van der Waals surface area contributed by atoms with Crippen LogP contribution in [0.1, 0.15) is 17.3 Å². The van der Waals surface area contributed by atoms with E-state index in [0.29, 0.717) is 12.4 Å². The van der Waals surface area contributed by atoms with Crippen LogP contribution in [-0.2, 0) is 11.3 Å². The highest BCUT2D eigenvalue weighted by Gasteiger charge is 2.28. The topological polar surface area (TPSA) is 70.7 Å². The molecule has 1 aromatic heterocycles. The predicted octanol–water partition coefficient (Wildman–Crippen LogP) is 1.31. The molecule has 1 aliphatic rings. The van der Waals surface area contributed by atoms with E-state index >= 15 is 0 Å². The Bertz CT molecular complexity index is 555. The predicted molar refractivity (Wildman–Crippen MR) is 68.1 cm³/mol. The summed E-state index contributed by atoms with van der Waals surface area (Å²) >= 11 is 1.73. The van der Waals surface area contributed by atoms with Gasteiger partial charge in [-0.2, -0.15) is 5.10 Å². The average Bonchev–Trinajstić information content (AvgIpc) is 3.05. The summed E-state index contributed by atoms with van der Waals surface area (Å²) in [4.78, 5) is 17.3. The molecule has 6 heteroatoms. The van der Waals surface area contributed by atoms with Crippen molar-refractivity contribution in [1.82, 2.24) is 20.5 Å². The SMILES string of the molecule is O=C(NCc1ncn[nH]1)C1CSc2ccccc21. The van der Waals surface area contributed by atoms with Gasteiger partial charge in [0.1, 0.15) is 12.2 Å². The van der Waals surface area contributed by atoms with Gasteiger partial charge in [0.25, 0.3) is 0 Å². The van der Waals surface area contributed by atoms with Crippen molar-refractivity contribution in [3.8, 4) is 0 Å². The van der Waals surface area contributed by atoms with Crippen molar-refractivity contribution in [2.75, 3.05) is 5.75 Å². The van der Waals surface area contributed by atoms with Gasteiger partial charge in [0.05, 0.1) is 12.5 Å². The van der Waals surface area contributed by atoms with E-state index in [9.17, 15) is 4.79 Å². The van der Waals surface area contributed by atoms with Crippen molar-refractivity contribution < 1.29 is 4.79 Å². The van der Waals surface area contributed by atoms with Crippen molar-refractivity contribution in [2.45, 2.75) is 17.4 Å². The third-order valence-electron chi connectivity index (χ3n) is 2.91. The molecule has 92 valence electrons. The number of aromatic amines is 1. The van der Waals surface area contributed by atoms with Crippen LogP contribution in [0.25, 0.3) is 0 Å². The second-order valence-corrected chi connectivity index (χ2v) is 5.11. The van der Waals surface area contributed by atoms with Crippen LogP contribution in [0.5, 0.6) is 0 Å². The first-order valence-corrected chi connectivity index (χ1v) is 6.67. The molecule has 0 saturated heterocycles. The fraction of sp³-hybridized carbons (Fsp3) is 0.250. The number of rotatable bonds is 3. The lowest BCUT2D eigenvalue weighted by Crippen LogP contribution is -2.29. The van der Waals surface area contributed by atoms with Gasteiger partial charge in [0.2, 0.25) is 5.91 Å². The highest BCUT2D eigenvalue weighted by atomic mass is 32.2. The number of nitrogens with one attached hydrogen (secondary N) is 2. The van der Waals surface area contributed by atoms with Crippen LogP contribution in [-0.4, -0.2) is 26.8 Å². The fourth-order valence-electron chi connectivity index (χ4n) is 1.99. The lowest BCUT2D eigenvalue weighted by molar-refractivity contribution is -0.122. The molecule has 2 aromatic rings. The summed E-state index contributed by atoms with van der Waals surface area (Å²) < 4.78 is 0. The minimum Gasteiger partial charge on any atom is -0.348 e. The third-order valence-corrected chi connectivity index (χ3v) is 4.09. The number of benzene rings is 1. The number of carbonyl (C=O) groups excluding carboxylic acids is 1. The zero-order valence-corrected chi connectivity index (χ0v) is 10.4. The van der Waals surface area contributed by atoms with E-state index in [-0.39, 0.29) is 11.8 Å². The van der Waals surface area contributed by atoms with E-state index in [1.165, 1.54) is 11.2 Å². The van der Waals surface area contributed by atoms with Gasteiger partial charge in [0, 0.05) is 10.6 Å². The van der Waals surface area contributed by atoms with Crippen molar-refractivity contribution in [1.29, 1.82) is 0 Å². The number of H-pyrrole nitrogens is 1. The molecule has 2 heterocycles. The first-order valence-electron chi connectivity index (χ1n) is 5.68. The van der Waals surface area contributed by atoms with Crippen LogP contribution < -0.4 is 5.32 Å². The number of aromatic nitrogens is 3. The fourth-order valence-corrected chi connectivity index (χ4v) is 3.22. The molecule has 18 heavy (non-hydrogen) atoms. The molecule has 5 nitrogen and oxygen atoms in total. The smallest absolute Gasteiger partial charge is 0.228 e. The molecule has 3 rings (SSSR count). The van der Waals surface area contributed by atoms with E-state index < -0.39 is 0 Å². The van der Waals surface area contributed by atoms with Gasteiger partial charge in [-0.1, -0.05) is 18.2 Å². The van der Waals surface area contributed by atoms with E-state index in [1.807, 2.05) is 18.2 Å². The van der Waals surface area contributed by atoms with Crippen LogP contribution in [0.2, 0.25) is 0 Å². The standard InChI is InChI=1S/C12H12N4OS/c17-12(13-5-11-14-7-15-16-11)9-6-18-10-4-2-1-3-8(9)10/h1-4,7,9H,5-6H2,(H,13,17)(H,14,15,16). The Morgan fingerprint density at radius 1 is 1.50 bits per heavy atom. The van der Waals surface area contributed by atoms with E-state index in [2.05, 4.69) is 26.6 Å². The molecule has 1 aliphatic heterocycles. The summed E-state index contributed by atoms with van der Waals surface area (Å²) in [5.41, 5.74) is 1.12. The molecular formula is C12H12N4OS. The quantitative estimate of drug-likeness (QED) is 0.873. The Morgan fingerprint density at radius 2 is 2.39 bits per heavy atom. The molecule has 1 amide bonds. The number of hydrogen-bond acceptors (Lipinski definition) is 4. The molecule has 0 saturated carbocycles. The summed E-state index contributed by atoms with van der Waals surface area (Å²) in [6.07, 6.45) is 1.43. The Balaban J connectivity index is 1.67. The van der Waals surface area contributed by atoms with Crippen LogP contribution in [0.15, 0.2) is 35.5 Å². The first kappa shape index (κ1) is 11.3. The Kier molecular flexibility index (Phi) is 3.02. The van der Waals surface area contributed by atoms with Gasteiger partial charge in [-0.05, 0) is 11.6 Å². The third kappa shape index (κ3) is 2.11. The van der Waals surface area contributed by atoms with Crippen molar-refractivity contribution in [3.05, 3.63) is 42.0 Å². The lowest BCUT2D eigenvalue weighted by Gasteiger charge is -2.10. The summed E-state index contributed by atoms with van der Waals surface area (Å²) in [5.74, 6) is 1.46. The molecule has 0 bridgehead atoms. The maximum Gasteiger partial charge on any atom is 0.228 e. The van der Waals surface area contributed by atoms with Crippen molar-refractivity contribution in [3.63, 3.8) is 0 Å². The molecule has 0 radical (unpaired) electrons. The number of carbonyl (C=O) groups is 1. The number of amides is 1. The van der Waals surface area contributed by atoms with Gasteiger partial charge in [-0.3, -0.25) is 9.89 Å². The average molecular weight is 260 g/mol. The summed E-state index contributed by atoms with van der Waals surface area (Å²) in [7, 11) is 0. The van der Waals surface area contributed by atoms with Crippen LogP contribution >= 0.6 is 11.8 Å². The van der Waals surface area contributed by atoms with Gasteiger partial charge in [-0.25, -0.2) is 4.98 Å². The molecule has 0 fully saturated rings. The highest BCUT2D eigenvalue weighted by Crippen LogP contribution is 2.39. The normalized spacial score (nSPS) is 17.4. The Morgan fingerprint density at radius 3 is 3.22 bits per heavy atom. The van der Waals surface area contributed by atoms with Crippen molar-refractivity contribution >= 4 is 17.7 Å². The zero-order valence-electron chi connectivity index (χ0n) is 9.59. The molecule has 2 N–H and O–H groups in total. The van der Waals surface area contributed by atoms with Crippen molar-refractivity contribution in [2.24, 2.45) is 0 Å². The van der Waals surface area contributed by atoms with E-state index in [0.717, 1.165) is 11.3 Å². The van der Waals surface area contributed by atoms with Crippen LogP contribution in [0, 0.1) is 0 Å². The first-order chi connectivity index (χ1) is 8.84. The number of hydrogen-bond donors (Lipinski definition) is 2. The molecule has 1 unspecified atom stereocenters. The maximum atomic E-state index is 12.1. The lowest BCUT2D eigenvalue weighted by atomic mass is 10.0. The summed E-state index contributed by atoms with van der Waals surface area (Å²) in [5, 5.41) is 9.35. The Labute approximate surface area is 108 Å². The minimum atomic E-state index is -0.0610. The second-order valence-electron chi connectivity index (χ2n) is 4.05. The molecule has 1 aromatic carbocycles. The van der Waals surface area contributed by atoms with Crippen LogP contribution in [0.3, 0.4) is 0 Å². The number of nitrogens with zero attached hydrogens (tertiary/aromatic N) is 2. The minimum absolute atomic E-state index is 0.0452. The van der Waals surface area contributed by atoms with Gasteiger partial charge in [0.15, 0.2) is 0 Å². The zero-order chi connectivity index (χ0) is 12.4. The molecule has 1 atom stereocenters.